The average Bonchev–Trinajstić information content (AvgIpc) is 2.11. The summed E-state index contributed by atoms with van der Waals surface area (Å²) in [7, 11) is 0. The van der Waals surface area contributed by atoms with E-state index in [0.717, 1.165) is 5.56 Å². The van der Waals surface area contributed by atoms with Gasteiger partial charge in [0, 0.05) is 19.8 Å². The molecule has 0 heterocycles. The molecule has 6 heteroatoms. The van der Waals surface area contributed by atoms with Gasteiger partial charge < -0.3 is 0 Å². The van der Waals surface area contributed by atoms with Crippen LogP contribution in [0.2, 0.25) is 0 Å². The van der Waals surface area contributed by atoms with Gasteiger partial charge in [0.1, 0.15) is 4.84 Å². The lowest BCUT2D eigenvalue weighted by Gasteiger charge is -2.14. The van der Waals surface area contributed by atoms with Crippen LogP contribution in [-0.4, -0.2) is 0 Å². The second-order valence-corrected chi connectivity index (χ2v) is 8.01. The monoisotopic (exact) mass is 678 g/mol. The first-order valence-corrected chi connectivity index (χ1v) is 8.67. The number of rotatable bonds is 1. The van der Waals surface area contributed by atoms with Crippen molar-refractivity contribution in [1.29, 1.82) is 0 Å². The van der Waals surface area contributed by atoms with Crippen LogP contribution in [0.25, 0.3) is 0 Å². The first-order valence-electron chi connectivity index (χ1n) is 3.48. The van der Waals surface area contributed by atoms with Crippen molar-refractivity contribution in [3.63, 3.8) is 0 Å². The Morgan fingerprint density at radius 1 is 0.857 bits per heavy atom. The summed E-state index contributed by atoms with van der Waals surface area (Å²) in [4.78, 5) is -0.448. The van der Waals surface area contributed by atoms with Crippen LogP contribution in [0.4, 0.5) is 0 Å². The van der Waals surface area contributed by atoms with Crippen molar-refractivity contribution in [3.8, 4) is 0 Å². The lowest BCUT2D eigenvalue weighted by atomic mass is 10.2. The summed E-state index contributed by atoms with van der Waals surface area (Å²) >= 11 is 21.2. The van der Waals surface area contributed by atoms with E-state index in [-0.39, 0.29) is 0 Å². The van der Waals surface area contributed by atoms with Crippen LogP contribution in [-0.2, 0) is 0 Å². The third kappa shape index (κ3) is 2.94. The predicted molar refractivity (Wildman–Crippen MR) is 96.5 cm³/mol. The quantitative estimate of drug-likeness (QED) is 0.198. The van der Waals surface area contributed by atoms with E-state index in [0.29, 0.717) is 0 Å². The highest BCUT2D eigenvalue weighted by Gasteiger charge is 2.20. The molecule has 0 N–H and O–H groups in total. The molecule has 0 radical (unpaired) electrons. The Labute approximate surface area is 148 Å². The molecule has 0 aliphatic heterocycles. The third-order valence-corrected chi connectivity index (χ3v) is 9.17. The summed E-state index contributed by atoms with van der Waals surface area (Å²) in [6.45, 7) is 2.12. The number of hydrogen-bond acceptors (Lipinski definition) is 0. The molecule has 0 aliphatic rings. The molecular weight excluding hydrogens is 675 g/mol. The number of halogens is 6. The summed E-state index contributed by atoms with van der Waals surface area (Å²) in [5, 5.41) is 0. The topological polar surface area (TPSA) is 0 Å². The molecular formula is C8H4Cl2I4. The molecule has 0 nitrogen and oxygen atoms in total. The Balaban J connectivity index is 3.60. The number of alkyl halides is 2. The fourth-order valence-corrected chi connectivity index (χ4v) is 6.25. The molecule has 0 spiro atoms. The smallest absolute Gasteiger partial charge is 0.1000 e. The van der Waals surface area contributed by atoms with E-state index in [1.807, 2.05) is 0 Å². The van der Waals surface area contributed by atoms with E-state index in [1.165, 1.54) is 19.8 Å². The van der Waals surface area contributed by atoms with E-state index in [1.54, 1.807) is 0 Å². The Hall–Kier alpha value is 2.72. The SMILES string of the molecule is Cc1c(I)c(I)c(C(Cl)Cl)c(I)c1I. The molecule has 1 rings (SSSR count). The fraction of sp³-hybridized carbons (Fsp3) is 0.250. The van der Waals surface area contributed by atoms with Gasteiger partial charge in [-0.3, -0.25) is 0 Å². The van der Waals surface area contributed by atoms with E-state index >= 15 is 0 Å². The highest BCUT2D eigenvalue weighted by atomic mass is 127. The molecule has 0 saturated heterocycles. The van der Waals surface area contributed by atoms with Crippen LogP contribution in [0, 0.1) is 21.2 Å². The van der Waals surface area contributed by atoms with Crippen molar-refractivity contribution < 1.29 is 0 Å². The molecule has 0 fully saturated rings. The lowest BCUT2D eigenvalue weighted by molar-refractivity contribution is 1.22. The largest absolute Gasteiger partial charge is 0.134 e. The molecule has 0 aromatic heterocycles. The van der Waals surface area contributed by atoms with E-state index in [4.69, 9.17) is 23.2 Å². The minimum Gasteiger partial charge on any atom is -0.1000 e. The van der Waals surface area contributed by atoms with Crippen molar-refractivity contribution >= 4 is 114 Å². The molecule has 0 aliphatic carbocycles. The summed E-state index contributed by atoms with van der Waals surface area (Å²) < 4.78 is 4.82. The van der Waals surface area contributed by atoms with Crippen LogP contribution >= 0.6 is 114 Å². The number of hydrogen-bond donors (Lipinski definition) is 0. The van der Waals surface area contributed by atoms with Crippen molar-refractivity contribution in [3.05, 3.63) is 25.4 Å². The van der Waals surface area contributed by atoms with Crippen molar-refractivity contribution in [2.45, 2.75) is 11.8 Å². The van der Waals surface area contributed by atoms with Crippen LogP contribution in [0.15, 0.2) is 0 Å². The van der Waals surface area contributed by atoms with Gasteiger partial charge in [-0.1, -0.05) is 23.2 Å². The molecule has 0 saturated carbocycles. The minimum atomic E-state index is -0.448. The second kappa shape index (κ2) is 6.05. The summed E-state index contributed by atoms with van der Waals surface area (Å²) in [6, 6.07) is 0. The summed E-state index contributed by atoms with van der Waals surface area (Å²) in [5.41, 5.74) is 2.34. The first-order chi connectivity index (χ1) is 6.37. The van der Waals surface area contributed by atoms with Crippen LogP contribution < -0.4 is 0 Å². The third-order valence-electron chi connectivity index (χ3n) is 1.74. The zero-order valence-electron chi connectivity index (χ0n) is 6.85. The average molecular weight is 679 g/mol. The van der Waals surface area contributed by atoms with Gasteiger partial charge in [0.15, 0.2) is 0 Å². The molecule has 1 aromatic carbocycles. The van der Waals surface area contributed by atoms with Crippen molar-refractivity contribution in [2.24, 2.45) is 0 Å². The zero-order chi connectivity index (χ0) is 11.0. The lowest BCUT2D eigenvalue weighted by Crippen LogP contribution is -2.02. The predicted octanol–water partition coefficient (Wildman–Crippen LogP) is 5.89. The zero-order valence-corrected chi connectivity index (χ0v) is 17.0. The molecule has 0 atom stereocenters. The Morgan fingerprint density at radius 2 is 1.21 bits per heavy atom. The molecule has 1 aromatic rings. The van der Waals surface area contributed by atoms with Crippen molar-refractivity contribution in [2.75, 3.05) is 0 Å². The second-order valence-electron chi connectivity index (χ2n) is 2.60. The van der Waals surface area contributed by atoms with E-state index in [2.05, 4.69) is 97.3 Å². The Morgan fingerprint density at radius 3 is 1.50 bits per heavy atom. The molecule has 0 unspecified atom stereocenters. The Kier molecular flexibility index (Phi) is 6.39. The van der Waals surface area contributed by atoms with Gasteiger partial charge in [0.2, 0.25) is 0 Å². The van der Waals surface area contributed by atoms with Crippen LogP contribution in [0.1, 0.15) is 16.0 Å². The van der Waals surface area contributed by atoms with Gasteiger partial charge in [-0.2, -0.15) is 0 Å². The fourth-order valence-electron chi connectivity index (χ4n) is 0.950. The molecule has 0 amide bonds. The van der Waals surface area contributed by atoms with Gasteiger partial charge in [-0.05, 0) is 103 Å². The van der Waals surface area contributed by atoms with E-state index < -0.39 is 4.84 Å². The van der Waals surface area contributed by atoms with Gasteiger partial charge in [0.05, 0.1) is 0 Å². The van der Waals surface area contributed by atoms with E-state index in [9.17, 15) is 0 Å². The highest BCUT2D eigenvalue weighted by Crippen LogP contribution is 2.39. The Bertz CT molecular complexity index is 347. The maximum absolute atomic E-state index is 5.96. The standard InChI is InChI=1S/C8H4Cl2I4/c1-2-4(11)6(13)3(8(9)10)7(14)5(2)12/h8H,1H3. The van der Waals surface area contributed by atoms with Gasteiger partial charge in [0.25, 0.3) is 0 Å². The van der Waals surface area contributed by atoms with Crippen LogP contribution in [0.3, 0.4) is 0 Å². The molecule has 0 bridgehead atoms. The molecule has 14 heavy (non-hydrogen) atoms. The number of benzene rings is 1. The van der Waals surface area contributed by atoms with Gasteiger partial charge in [-0.25, -0.2) is 0 Å². The normalized spacial score (nSPS) is 11.1. The van der Waals surface area contributed by atoms with Crippen molar-refractivity contribution in [1.82, 2.24) is 0 Å². The highest BCUT2D eigenvalue weighted by molar-refractivity contribution is 14.1. The minimum absolute atomic E-state index is 0.448. The van der Waals surface area contributed by atoms with Crippen LogP contribution in [0.5, 0.6) is 0 Å². The maximum Gasteiger partial charge on any atom is 0.134 e. The maximum atomic E-state index is 5.96. The van der Waals surface area contributed by atoms with Gasteiger partial charge in [-0.15, -0.1) is 0 Å². The molecule has 78 valence electrons. The first kappa shape index (κ1) is 14.8. The summed E-state index contributed by atoms with van der Waals surface area (Å²) in [6.07, 6.45) is 0. The van der Waals surface area contributed by atoms with Gasteiger partial charge >= 0.3 is 0 Å². The summed E-state index contributed by atoms with van der Waals surface area (Å²) in [5.74, 6) is 0.